The quantitative estimate of drug-likeness (QED) is 0.588. The minimum atomic E-state index is -4.62. The van der Waals surface area contributed by atoms with Gasteiger partial charge in [0.2, 0.25) is 5.91 Å². The summed E-state index contributed by atoms with van der Waals surface area (Å²) in [5.74, 6) is -0.663. The van der Waals surface area contributed by atoms with Gasteiger partial charge < -0.3 is 5.32 Å². The fraction of sp³-hybridized carbons (Fsp3) is 0.381. The van der Waals surface area contributed by atoms with Gasteiger partial charge in [0.15, 0.2) is 0 Å². The summed E-state index contributed by atoms with van der Waals surface area (Å²) in [6.07, 6.45) is -2.97. The fourth-order valence-electron chi connectivity index (χ4n) is 2.95. The van der Waals surface area contributed by atoms with Gasteiger partial charge in [0, 0.05) is 11.8 Å². The van der Waals surface area contributed by atoms with E-state index in [-0.39, 0.29) is 24.4 Å². The number of rotatable bonds is 8. The molecule has 30 heavy (non-hydrogen) atoms. The van der Waals surface area contributed by atoms with E-state index >= 15 is 0 Å². The summed E-state index contributed by atoms with van der Waals surface area (Å²) < 4.78 is 41.4. The van der Waals surface area contributed by atoms with Gasteiger partial charge in [-0.3, -0.25) is 15.1 Å². The fourth-order valence-corrected chi connectivity index (χ4v) is 3.06. The number of benzene rings is 1. The number of hydrogen-bond acceptors (Lipinski definition) is 4. The van der Waals surface area contributed by atoms with Crippen molar-refractivity contribution < 1.29 is 18.0 Å². The molecule has 0 aliphatic heterocycles. The maximum Gasteiger partial charge on any atom is 0.407 e. The Bertz CT molecular complexity index is 877. The van der Waals surface area contributed by atoms with Crippen LogP contribution in [0.3, 0.4) is 0 Å². The largest absolute Gasteiger partial charge is 0.407 e. The molecule has 0 aliphatic rings. The summed E-state index contributed by atoms with van der Waals surface area (Å²) in [7, 11) is 0. The van der Waals surface area contributed by atoms with E-state index < -0.39 is 24.2 Å². The Balaban J connectivity index is 2.28. The Labute approximate surface area is 178 Å². The predicted octanol–water partition coefficient (Wildman–Crippen LogP) is 4.65. The lowest BCUT2D eigenvalue weighted by molar-refractivity contribution is -0.161. The van der Waals surface area contributed by atoms with Crippen LogP contribution in [0.1, 0.15) is 31.9 Å². The number of amides is 1. The molecule has 0 aliphatic carbocycles. The molecular formula is C21H22ClF3N4O. The molecule has 5 nitrogen and oxygen atoms in total. The smallest absolute Gasteiger partial charge is 0.342 e. The van der Waals surface area contributed by atoms with Crippen molar-refractivity contribution in [2.24, 2.45) is 5.92 Å². The molecule has 9 heteroatoms. The number of alkyl halides is 3. The molecule has 0 bridgehead atoms. The van der Waals surface area contributed by atoms with Crippen molar-refractivity contribution >= 4 is 17.5 Å². The van der Waals surface area contributed by atoms with Crippen LogP contribution in [0, 0.1) is 17.2 Å². The molecule has 0 saturated heterocycles. The van der Waals surface area contributed by atoms with Crippen molar-refractivity contribution in [3.8, 4) is 17.3 Å². The summed E-state index contributed by atoms with van der Waals surface area (Å²) in [6, 6.07) is 7.74. The normalized spacial score (nSPS) is 13.5. The van der Waals surface area contributed by atoms with Crippen molar-refractivity contribution in [3.05, 3.63) is 53.2 Å². The van der Waals surface area contributed by atoms with Gasteiger partial charge in [0.1, 0.15) is 12.6 Å². The van der Waals surface area contributed by atoms with E-state index in [9.17, 15) is 18.0 Å². The minimum absolute atomic E-state index is 0.0254. The molecule has 1 aromatic carbocycles. The van der Waals surface area contributed by atoms with Crippen LogP contribution in [0.15, 0.2) is 42.6 Å². The van der Waals surface area contributed by atoms with E-state index in [1.54, 1.807) is 30.3 Å². The highest BCUT2D eigenvalue weighted by Crippen LogP contribution is 2.34. The number of hydrogen-bond donors (Lipinski definition) is 2. The molecule has 0 unspecified atom stereocenters. The van der Waals surface area contributed by atoms with Gasteiger partial charge in [-0.05, 0) is 30.0 Å². The van der Waals surface area contributed by atoms with Crippen LogP contribution in [0.5, 0.6) is 0 Å². The molecule has 0 radical (unpaired) electrons. The average Bonchev–Trinajstić information content (AvgIpc) is 2.69. The zero-order valence-corrected chi connectivity index (χ0v) is 17.3. The average molecular weight is 439 g/mol. The zero-order chi connectivity index (χ0) is 22.3. The van der Waals surface area contributed by atoms with Crippen LogP contribution >= 0.6 is 11.6 Å². The predicted molar refractivity (Wildman–Crippen MR) is 108 cm³/mol. The molecule has 0 fully saturated rings. The van der Waals surface area contributed by atoms with E-state index in [0.29, 0.717) is 16.3 Å². The number of nitrogens with zero attached hydrogens (tertiary/aromatic N) is 2. The molecule has 2 rings (SSSR count). The summed E-state index contributed by atoms with van der Waals surface area (Å²) in [5.41, 5.74) is 1.19. The Hall–Kier alpha value is -2.63. The van der Waals surface area contributed by atoms with Gasteiger partial charge in [0.05, 0.1) is 22.8 Å². The number of nitrogens with one attached hydrogen (secondary N) is 2. The molecule has 1 aromatic heterocycles. The van der Waals surface area contributed by atoms with Crippen LogP contribution in [0.25, 0.3) is 11.3 Å². The lowest BCUT2D eigenvalue weighted by Crippen LogP contribution is -2.49. The number of carbonyl (C=O) groups excluding carboxylic acids is 1. The zero-order valence-electron chi connectivity index (χ0n) is 16.5. The molecule has 1 amide bonds. The summed E-state index contributed by atoms with van der Waals surface area (Å²) in [5, 5.41) is 13.9. The third-order valence-corrected chi connectivity index (χ3v) is 4.55. The molecule has 160 valence electrons. The Kier molecular flexibility index (Phi) is 8.21. The molecule has 2 N–H and O–H groups in total. The first kappa shape index (κ1) is 23.6. The Morgan fingerprint density at radius 2 is 1.87 bits per heavy atom. The number of aromatic nitrogens is 1. The van der Waals surface area contributed by atoms with Crippen LogP contribution in [-0.2, 0) is 4.79 Å². The minimum Gasteiger partial charge on any atom is -0.342 e. The van der Waals surface area contributed by atoms with Crippen molar-refractivity contribution in [2.45, 2.75) is 38.5 Å². The molecule has 1 heterocycles. The van der Waals surface area contributed by atoms with E-state index in [0.717, 1.165) is 0 Å². The Morgan fingerprint density at radius 1 is 1.20 bits per heavy atom. The van der Waals surface area contributed by atoms with Gasteiger partial charge in [-0.2, -0.15) is 18.4 Å². The number of halogens is 4. The van der Waals surface area contributed by atoms with Gasteiger partial charge >= 0.3 is 6.18 Å². The topological polar surface area (TPSA) is 77.8 Å². The first-order chi connectivity index (χ1) is 14.1. The van der Waals surface area contributed by atoms with E-state index in [4.69, 9.17) is 16.9 Å². The first-order valence-corrected chi connectivity index (χ1v) is 9.69. The second-order valence-corrected chi connectivity index (χ2v) is 7.62. The molecule has 2 atom stereocenters. The highest BCUT2D eigenvalue weighted by Gasteiger charge is 2.42. The maximum atomic E-state index is 13.8. The third-order valence-electron chi connectivity index (χ3n) is 4.33. The summed E-state index contributed by atoms with van der Waals surface area (Å²) in [6.45, 7) is 3.35. The van der Waals surface area contributed by atoms with E-state index in [2.05, 4.69) is 15.6 Å². The van der Waals surface area contributed by atoms with Crippen LogP contribution < -0.4 is 10.6 Å². The third kappa shape index (κ3) is 6.71. The van der Waals surface area contributed by atoms with Crippen molar-refractivity contribution in [3.63, 3.8) is 0 Å². The highest BCUT2D eigenvalue weighted by molar-refractivity contribution is 6.30. The molecule has 2 aromatic rings. The van der Waals surface area contributed by atoms with Gasteiger partial charge in [-0.15, -0.1) is 0 Å². The monoisotopic (exact) mass is 438 g/mol. The maximum absolute atomic E-state index is 13.8. The van der Waals surface area contributed by atoms with Crippen molar-refractivity contribution in [1.29, 1.82) is 5.26 Å². The second kappa shape index (κ2) is 10.4. The number of pyridine rings is 1. The van der Waals surface area contributed by atoms with Crippen LogP contribution in [-0.4, -0.2) is 29.7 Å². The van der Waals surface area contributed by atoms with Gasteiger partial charge in [0.25, 0.3) is 0 Å². The number of carbonyl (C=O) groups is 1. The highest BCUT2D eigenvalue weighted by atomic mass is 35.5. The van der Waals surface area contributed by atoms with Crippen LogP contribution in [0.2, 0.25) is 5.02 Å². The van der Waals surface area contributed by atoms with Crippen molar-refractivity contribution in [2.75, 3.05) is 6.54 Å². The van der Waals surface area contributed by atoms with E-state index in [1.165, 1.54) is 18.3 Å². The Morgan fingerprint density at radius 3 is 2.37 bits per heavy atom. The number of nitriles is 1. The van der Waals surface area contributed by atoms with Crippen molar-refractivity contribution in [1.82, 2.24) is 15.6 Å². The standard InChI is InChI=1S/C21H22ClF3N4O/c1-13(2)11-18(20(30)27-10-9-26)29-19(21(23,24)25)15-5-3-14(4-6-15)17-8-7-16(22)12-28-17/h3-8,12-13,18-19,29H,10-11H2,1-2H3,(H,27,30)/t18-,19-/m0/s1. The molecule has 0 saturated carbocycles. The molecular weight excluding hydrogens is 417 g/mol. The first-order valence-electron chi connectivity index (χ1n) is 9.31. The lowest BCUT2D eigenvalue weighted by Gasteiger charge is -2.28. The SMILES string of the molecule is CC(C)C[C@H](N[C@@H](c1ccc(-c2ccc(Cl)cn2)cc1)C(F)(F)F)C(=O)NCC#N. The van der Waals surface area contributed by atoms with E-state index in [1.807, 2.05) is 13.8 Å². The summed E-state index contributed by atoms with van der Waals surface area (Å²) >= 11 is 5.81. The lowest BCUT2D eigenvalue weighted by atomic mass is 9.98. The van der Waals surface area contributed by atoms with Gasteiger partial charge in [-0.25, -0.2) is 0 Å². The molecule has 0 spiro atoms. The van der Waals surface area contributed by atoms with Gasteiger partial charge in [-0.1, -0.05) is 49.7 Å². The second-order valence-electron chi connectivity index (χ2n) is 7.18. The summed E-state index contributed by atoms with van der Waals surface area (Å²) in [4.78, 5) is 16.4. The van der Waals surface area contributed by atoms with Crippen LogP contribution in [0.4, 0.5) is 13.2 Å².